The maximum Gasteiger partial charge on any atom is 0.315 e. The molecule has 0 spiro atoms. The summed E-state index contributed by atoms with van der Waals surface area (Å²) in [5.74, 6) is 1.04. The first kappa shape index (κ1) is 15.6. The molecule has 0 aromatic carbocycles. The molecule has 1 heterocycles. The van der Waals surface area contributed by atoms with Gasteiger partial charge in [0.1, 0.15) is 0 Å². The van der Waals surface area contributed by atoms with Gasteiger partial charge in [-0.25, -0.2) is 4.79 Å². The summed E-state index contributed by atoms with van der Waals surface area (Å²) in [6.07, 6.45) is 7.94. The second-order valence-corrected chi connectivity index (χ2v) is 7.13. The van der Waals surface area contributed by atoms with Crippen LogP contribution in [-0.4, -0.2) is 48.6 Å². The molecule has 22 heavy (non-hydrogen) atoms. The van der Waals surface area contributed by atoms with Crippen molar-refractivity contribution in [1.82, 2.24) is 15.5 Å². The molecule has 6 heteroatoms. The highest BCUT2D eigenvalue weighted by Gasteiger charge is 2.42. The van der Waals surface area contributed by atoms with Gasteiger partial charge in [0.15, 0.2) is 0 Å². The third-order valence-electron chi connectivity index (χ3n) is 5.61. The fourth-order valence-corrected chi connectivity index (χ4v) is 4.26. The van der Waals surface area contributed by atoms with Gasteiger partial charge in [-0.15, -0.1) is 0 Å². The Bertz CT molecular complexity index is 422. The van der Waals surface area contributed by atoms with Crippen molar-refractivity contribution in [3.05, 3.63) is 0 Å². The van der Waals surface area contributed by atoms with Crippen LogP contribution in [0.3, 0.4) is 0 Å². The van der Waals surface area contributed by atoms with Crippen molar-refractivity contribution >= 4 is 11.9 Å². The minimum absolute atomic E-state index is 0.0143. The van der Waals surface area contributed by atoms with E-state index in [0.717, 1.165) is 38.8 Å². The molecular formula is C16H28N4O2. The van der Waals surface area contributed by atoms with Crippen molar-refractivity contribution < 1.29 is 9.59 Å². The smallest absolute Gasteiger partial charge is 0.315 e. The fraction of sp³-hybridized carbons (Fsp3) is 0.875. The Morgan fingerprint density at radius 1 is 1.05 bits per heavy atom. The zero-order valence-corrected chi connectivity index (χ0v) is 13.2. The third-order valence-corrected chi connectivity index (χ3v) is 5.61. The van der Waals surface area contributed by atoms with Gasteiger partial charge in [0.2, 0.25) is 5.91 Å². The van der Waals surface area contributed by atoms with E-state index in [9.17, 15) is 9.59 Å². The quantitative estimate of drug-likeness (QED) is 0.721. The summed E-state index contributed by atoms with van der Waals surface area (Å²) >= 11 is 0. The van der Waals surface area contributed by atoms with Crippen LogP contribution < -0.4 is 16.4 Å². The molecule has 0 aromatic heterocycles. The average molecular weight is 308 g/mol. The van der Waals surface area contributed by atoms with Gasteiger partial charge in [0.25, 0.3) is 0 Å². The molecule has 3 amide bonds. The van der Waals surface area contributed by atoms with E-state index in [1.165, 1.54) is 19.3 Å². The SMILES string of the molecule is NC1CCC2CN(C(=O)CNC(=O)NC3CCCCC3)CC12. The van der Waals surface area contributed by atoms with Crippen LogP contribution in [0.25, 0.3) is 0 Å². The molecule has 6 nitrogen and oxygen atoms in total. The lowest BCUT2D eigenvalue weighted by atomic mass is 9.96. The van der Waals surface area contributed by atoms with Gasteiger partial charge >= 0.3 is 6.03 Å². The topological polar surface area (TPSA) is 87.5 Å². The number of carbonyl (C=O) groups excluding carboxylic acids is 2. The molecule has 2 saturated carbocycles. The van der Waals surface area contributed by atoms with Crippen molar-refractivity contribution in [1.29, 1.82) is 0 Å². The third kappa shape index (κ3) is 3.54. The monoisotopic (exact) mass is 308 g/mol. The Kier molecular flexibility index (Phi) is 4.86. The Hall–Kier alpha value is -1.30. The summed E-state index contributed by atoms with van der Waals surface area (Å²) in [5.41, 5.74) is 6.09. The minimum atomic E-state index is -0.212. The summed E-state index contributed by atoms with van der Waals surface area (Å²) < 4.78 is 0. The second kappa shape index (κ2) is 6.86. The molecule has 2 aliphatic carbocycles. The number of nitrogens with two attached hydrogens (primary N) is 1. The number of urea groups is 1. The number of fused-ring (bicyclic) bond motifs is 1. The molecule has 0 aromatic rings. The zero-order chi connectivity index (χ0) is 15.5. The van der Waals surface area contributed by atoms with Gasteiger partial charge in [-0.2, -0.15) is 0 Å². The lowest BCUT2D eigenvalue weighted by molar-refractivity contribution is -0.129. The maximum absolute atomic E-state index is 12.2. The van der Waals surface area contributed by atoms with Gasteiger partial charge in [-0.3, -0.25) is 4.79 Å². The average Bonchev–Trinajstić information content (AvgIpc) is 3.08. The molecule has 1 aliphatic heterocycles. The Balaban J connectivity index is 1.38. The van der Waals surface area contributed by atoms with Gasteiger partial charge in [-0.1, -0.05) is 19.3 Å². The number of likely N-dealkylation sites (tertiary alicyclic amines) is 1. The van der Waals surface area contributed by atoms with E-state index in [1.807, 2.05) is 4.90 Å². The van der Waals surface area contributed by atoms with Crippen LogP contribution in [0.4, 0.5) is 4.79 Å². The lowest BCUT2D eigenvalue weighted by Crippen LogP contribution is -2.47. The first-order valence-corrected chi connectivity index (χ1v) is 8.71. The molecule has 4 N–H and O–H groups in total. The van der Waals surface area contributed by atoms with Crippen LogP contribution in [-0.2, 0) is 4.79 Å². The lowest BCUT2D eigenvalue weighted by Gasteiger charge is -2.23. The zero-order valence-electron chi connectivity index (χ0n) is 13.2. The summed E-state index contributed by atoms with van der Waals surface area (Å²) in [5, 5.41) is 5.68. The minimum Gasteiger partial charge on any atom is -0.341 e. The van der Waals surface area contributed by atoms with E-state index in [4.69, 9.17) is 5.73 Å². The highest BCUT2D eigenvalue weighted by molar-refractivity contribution is 5.84. The first-order chi connectivity index (χ1) is 10.6. The van der Waals surface area contributed by atoms with Crippen molar-refractivity contribution in [2.24, 2.45) is 17.6 Å². The van der Waals surface area contributed by atoms with E-state index in [1.54, 1.807) is 0 Å². The van der Waals surface area contributed by atoms with Crippen molar-refractivity contribution in [2.45, 2.75) is 57.0 Å². The Labute approximate surface area is 132 Å². The molecule has 3 atom stereocenters. The predicted molar refractivity (Wildman–Crippen MR) is 84.2 cm³/mol. The Morgan fingerprint density at radius 3 is 2.55 bits per heavy atom. The largest absolute Gasteiger partial charge is 0.341 e. The van der Waals surface area contributed by atoms with E-state index < -0.39 is 0 Å². The number of nitrogens with zero attached hydrogens (tertiary/aromatic N) is 1. The molecule has 124 valence electrons. The highest BCUT2D eigenvalue weighted by atomic mass is 16.2. The highest BCUT2D eigenvalue weighted by Crippen LogP contribution is 2.36. The number of hydrogen-bond acceptors (Lipinski definition) is 3. The van der Waals surface area contributed by atoms with E-state index in [2.05, 4.69) is 10.6 Å². The first-order valence-electron chi connectivity index (χ1n) is 8.71. The van der Waals surface area contributed by atoms with E-state index in [0.29, 0.717) is 11.8 Å². The summed E-state index contributed by atoms with van der Waals surface area (Å²) in [4.78, 5) is 26.0. The van der Waals surface area contributed by atoms with Crippen LogP contribution in [0, 0.1) is 11.8 Å². The van der Waals surface area contributed by atoms with E-state index >= 15 is 0 Å². The number of hydrogen-bond donors (Lipinski definition) is 3. The van der Waals surface area contributed by atoms with Crippen molar-refractivity contribution in [2.75, 3.05) is 19.6 Å². The van der Waals surface area contributed by atoms with Crippen LogP contribution in [0.5, 0.6) is 0 Å². The van der Waals surface area contributed by atoms with E-state index in [-0.39, 0.29) is 30.6 Å². The molecule has 3 rings (SSSR count). The van der Waals surface area contributed by atoms with Crippen LogP contribution in [0.1, 0.15) is 44.9 Å². The summed E-state index contributed by atoms with van der Waals surface area (Å²) in [6, 6.07) is 0.301. The second-order valence-electron chi connectivity index (χ2n) is 7.13. The number of amides is 3. The molecular weight excluding hydrogens is 280 g/mol. The molecule has 3 unspecified atom stereocenters. The summed E-state index contributed by atoms with van der Waals surface area (Å²) in [6.45, 7) is 1.66. The molecule has 0 bridgehead atoms. The van der Waals surface area contributed by atoms with Crippen LogP contribution in [0.2, 0.25) is 0 Å². The van der Waals surface area contributed by atoms with Crippen LogP contribution >= 0.6 is 0 Å². The number of nitrogens with one attached hydrogen (secondary N) is 2. The molecule has 3 fully saturated rings. The normalized spacial score (nSPS) is 31.9. The predicted octanol–water partition coefficient (Wildman–Crippen LogP) is 0.814. The standard InChI is InChI=1S/C16H28N4O2/c17-14-7-6-11-9-20(10-13(11)14)15(21)8-18-16(22)19-12-4-2-1-3-5-12/h11-14H,1-10,17H2,(H2,18,19,22). The van der Waals surface area contributed by atoms with Crippen molar-refractivity contribution in [3.8, 4) is 0 Å². The number of rotatable bonds is 3. The van der Waals surface area contributed by atoms with Gasteiger partial charge < -0.3 is 21.3 Å². The molecule has 0 radical (unpaired) electrons. The molecule has 1 saturated heterocycles. The van der Waals surface area contributed by atoms with Gasteiger partial charge in [0.05, 0.1) is 6.54 Å². The Morgan fingerprint density at radius 2 is 1.82 bits per heavy atom. The van der Waals surface area contributed by atoms with Crippen LogP contribution in [0.15, 0.2) is 0 Å². The maximum atomic E-state index is 12.2. The van der Waals surface area contributed by atoms with Gasteiger partial charge in [0, 0.05) is 25.2 Å². The van der Waals surface area contributed by atoms with Gasteiger partial charge in [-0.05, 0) is 37.5 Å². The fourth-order valence-electron chi connectivity index (χ4n) is 4.26. The number of carbonyl (C=O) groups is 2. The van der Waals surface area contributed by atoms with Crippen molar-refractivity contribution in [3.63, 3.8) is 0 Å². The molecule has 3 aliphatic rings. The summed E-state index contributed by atoms with van der Waals surface area (Å²) in [7, 11) is 0.